The van der Waals surface area contributed by atoms with Crippen LogP contribution in [0.3, 0.4) is 0 Å². The Morgan fingerprint density at radius 3 is 2.61 bits per heavy atom. The van der Waals surface area contributed by atoms with Gasteiger partial charge < -0.3 is 24.5 Å². The lowest BCUT2D eigenvalue weighted by molar-refractivity contribution is 0.0655. The molecule has 0 saturated carbocycles. The van der Waals surface area contributed by atoms with Crippen LogP contribution in [-0.2, 0) is 4.43 Å². The molecule has 1 aromatic heterocycles. The molecule has 2 aromatic rings. The van der Waals surface area contributed by atoms with E-state index >= 15 is 0 Å². The topological polar surface area (TPSA) is 74.0 Å². The van der Waals surface area contributed by atoms with Crippen LogP contribution in [0, 0.1) is 0 Å². The summed E-state index contributed by atoms with van der Waals surface area (Å²) in [6, 6.07) is 5.38. The maximum atomic E-state index is 13.9. The molecule has 2 N–H and O–H groups in total. The maximum Gasteiger partial charge on any atom is 0.256 e. The van der Waals surface area contributed by atoms with E-state index in [4.69, 9.17) is 19.6 Å². The number of rotatable bonds is 10. The van der Waals surface area contributed by atoms with Crippen LogP contribution in [0.1, 0.15) is 62.9 Å². The monoisotopic (exact) mass is 530 g/mol. The van der Waals surface area contributed by atoms with E-state index in [2.05, 4.69) is 63.7 Å². The van der Waals surface area contributed by atoms with E-state index < -0.39 is 8.32 Å². The minimum atomic E-state index is -2.00. The molecule has 6 nitrogen and oxygen atoms in total. The van der Waals surface area contributed by atoms with Crippen molar-refractivity contribution in [3.8, 4) is 11.5 Å². The van der Waals surface area contributed by atoms with Gasteiger partial charge in [0, 0.05) is 18.3 Å². The summed E-state index contributed by atoms with van der Waals surface area (Å²) in [4.78, 5) is 15.8. The number of amides is 1. The van der Waals surface area contributed by atoms with Gasteiger partial charge in [-0.2, -0.15) is 11.3 Å². The van der Waals surface area contributed by atoms with Crippen molar-refractivity contribution in [3.05, 3.63) is 46.2 Å². The molecule has 0 bridgehead atoms. The van der Waals surface area contributed by atoms with Crippen LogP contribution in [-0.4, -0.2) is 52.0 Å². The average molecular weight is 531 g/mol. The molecule has 1 aliphatic heterocycles. The molecule has 36 heavy (non-hydrogen) atoms. The number of nitrogens with two attached hydrogens (primary N) is 1. The van der Waals surface area contributed by atoms with Crippen LogP contribution in [0.5, 0.6) is 11.5 Å². The molecule has 1 aliphatic rings. The number of unbranched alkanes of at least 4 members (excludes halogenated alkanes) is 1. The minimum Gasteiger partial charge on any atom is -0.493 e. The van der Waals surface area contributed by atoms with Gasteiger partial charge in [-0.25, -0.2) is 0 Å². The molecule has 0 unspecified atom stereocenters. The number of benzene rings is 1. The first-order chi connectivity index (χ1) is 17.0. The number of hydrogen-bond acceptors (Lipinski definition) is 6. The maximum absolute atomic E-state index is 13.9. The van der Waals surface area contributed by atoms with Crippen LogP contribution < -0.4 is 15.2 Å². The van der Waals surface area contributed by atoms with Gasteiger partial charge in [-0.05, 0) is 65.0 Å². The van der Waals surface area contributed by atoms with Crippen LogP contribution in [0.4, 0.5) is 5.69 Å². The fourth-order valence-electron chi connectivity index (χ4n) is 3.91. The number of ether oxygens (including phenoxy) is 2. The summed E-state index contributed by atoms with van der Waals surface area (Å²) in [6.45, 7) is 14.9. The number of hydrogen-bond donors (Lipinski definition) is 1. The van der Waals surface area contributed by atoms with Gasteiger partial charge >= 0.3 is 0 Å². The highest BCUT2D eigenvalue weighted by Gasteiger charge is 2.39. The summed E-state index contributed by atoms with van der Waals surface area (Å²) >= 11 is 1.69. The van der Waals surface area contributed by atoms with Crippen molar-refractivity contribution in [2.24, 2.45) is 0 Å². The third-order valence-corrected chi connectivity index (χ3v) is 12.5. The van der Waals surface area contributed by atoms with Crippen molar-refractivity contribution in [3.63, 3.8) is 0 Å². The molecule has 0 aliphatic carbocycles. The first kappa shape index (κ1) is 28.3. The van der Waals surface area contributed by atoms with E-state index in [0.717, 1.165) is 19.3 Å². The minimum absolute atomic E-state index is 0.0851. The molecule has 8 heteroatoms. The van der Waals surface area contributed by atoms with Crippen molar-refractivity contribution < 1.29 is 18.7 Å². The number of nitrogens with zero attached hydrogens (tertiary/aromatic N) is 1. The first-order valence-corrected chi connectivity index (χ1v) is 16.6. The molecule has 1 amide bonds. The number of methoxy groups -OCH3 is 1. The molecule has 2 heterocycles. The van der Waals surface area contributed by atoms with E-state index in [-0.39, 0.29) is 17.0 Å². The van der Waals surface area contributed by atoms with Crippen molar-refractivity contribution >= 4 is 36.8 Å². The quantitative estimate of drug-likeness (QED) is 0.207. The second-order valence-electron chi connectivity index (χ2n) is 10.9. The lowest BCUT2D eigenvalue weighted by atomic mass is 9.97. The number of anilines is 1. The Hall–Kier alpha value is -2.29. The Labute approximate surface area is 221 Å². The number of carbonyl (C=O) groups is 1. The van der Waals surface area contributed by atoms with E-state index in [1.54, 1.807) is 30.6 Å². The fourth-order valence-corrected chi connectivity index (χ4v) is 5.62. The standard InChI is InChI=1S/C28H42N2O4SSi/c1-8-9-13-33-26-17-24(29)23(16-25(26)32-5)27(31)30-12-10-20(21-11-14-35-19-21)15-22(30)18-34-36(6,7)28(2,3)4/h11,14-17,19,22H,8-10,12-13,18,29H2,1-7H3/t22-/m0/s1. The van der Waals surface area contributed by atoms with Crippen LogP contribution in [0.25, 0.3) is 5.57 Å². The van der Waals surface area contributed by atoms with Gasteiger partial charge in [-0.1, -0.05) is 40.2 Å². The molecule has 0 saturated heterocycles. The Kier molecular flexibility index (Phi) is 9.30. The number of thiophene rings is 1. The molecule has 0 radical (unpaired) electrons. The normalized spacial score (nSPS) is 16.6. The summed E-state index contributed by atoms with van der Waals surface area (Å²) < 4.78 is 18.0. The zero-order chi connectivity index (χ0) is 26.5. The first-order valence-electron chi connectivity index (χ1n) is 12.8. The fraction of sp³-hybridized carbons (Fsp3) is 0.536. The van der Waals surface area contributed by atoms with E-state index in [1.807, 2.05) is 4.90 Å². The Morgan fingerprint density at radius 1 is 1.25 bits per heavy atom. The highest BCUT2D eigenvalue weighted by atomic mass is 32.1. The van der Waals surface area contributed by atoms with Gasteiger partial charge in [0.15, 0.2) is 19.8 Å². The van der Waals surface area contributed by atoms with E-state index in [9.17, 15) is 4.79 Å². The molecule has 198 valence electrons. The summed E-state index contributed by atoms with van der Waals surface area (Å²) in [5.74, 6) is 0.968. The summed E-state index contributed by atoms with van der Waals surface area (Å²) in [5.41, 5.74) is 9.69. The van der Waals surface area contributed by atoms with Gasteiger partial charge in [0.2, 0.25) is 0 Å². The zero-order valence-corrected chi connectivity index (χ0v) is 24.7. The van der Waals surface area contributed by atoms with Crippen LogP contribution >= 0.6 is 11.3 Å². The van der Waals surface area contributed by atoms with Crippen molar-refractivity contribution in [1.29, 1.82) is 0 Å². The lowest BCUT2D eigenvalue weighted by Gasteiger charge is -2.40. The lowest BCUT2D eigenvalue weighted by Crippen LogP contribution is -2.49. The SMILES string of the molecule is CCCCOc1cc(N)c(C(=O)N2CCC(c3ccsc3)=C[C@H]2CO[Si](C)(C)C(C)(C)C)cc1OC. The molecule has 0 spiro atoms. The predicted molar refractivity (Wildman–Crippen MR) is 153 cm³/mol. The summed E-state index contributed by atoms with van der Waals surface area (Å²) in [6.07, 6.45) is 4.95. The number of nitrogen functional groups attached to an aromatic ring is 1. The van der Waals surface area contributed by atoms with Crippen LogP contribution in [0.15, 0.2) is 35.0 Å². The molecular formula is C28H42N2O4SSi. The molecule has 1 aromatic carbocycles. The Bertz CT molecular complexity index is 1060. The number of carbonyl (C=O) groups excluding carboxylic acids is 1. The van der Waals surface area contributed by atoms with Crippen molar-refractivity contribution in [1.82, 2.24) is 4.90 Å². The Balaban J connectivity index is 1.91. The smallest absolute Gasteiger partial charge is 0.256 e. The van der Waals surface area contributed by atoms with Crippen molar-refractivity contribution in [2.75, 3.05) is 32.6 Å². The van der Waals surface area contributed by atoms with Gasteiger partial charge in [0.1, 0.15) is 0 Å². The van der Waals surface area contributed by atoms with Gasteiger partial charge in [-0.15, -0.1) is 0 Å². The average Bonchev–Trinajstić information content (AvgIpc) is 3.37. The second kappa shape index (κ2) is 11.8. The Morgan fingerprint density at radius 2 is 2.00 bits per heavy atom. The predicted octanol–water partition coefficient (Wildman–Crippen LogP) is 6.84. The molecular weight excluding hydrogens is 488 g/mol. The van der Waals surface area contributed by atoms with Gasteiger partial charge in [0.25, 0.3) is 5.91 Å². The molecule has 3 rings (SSSR count). The van der Waals surface area contributed by atoms with Crippen molar-refractivity contribution in [2.45, 2.75) is 71.1 Å². The van der Waals surface area contributed by atoms with Gasteiger partial charge in [0.05, 0.1) is 31.9 Å². The van der Waals surface area contributed by atoms with E-state index in [1.165, 1.54) is 11.1 Å². The zero-order valence-electron chi connectivity index (χ0n) is 22.8. The second-order valence-corrected chi connectivity index (χ2v) is 16.5. The van der Waals surface area contributed by atoms with Crippen LogP contribution in [0.2, 0.25) is 18.1 Å². The third kappa shape index (κ3) is 6.52. The highest BCUT2D eigenvalue weighted by Crippen LogP contribution is 2.38. The summed E-state index contributed by atoms with van der Waals surface area (Å²) in [7, 11) is -0.414. The van der Waals surface area contributed by atoms with Gasteiger partial charge in [-0.3, -0.25) is 4.79 Å². The highest BCUT2D eigenvalue weighted by molar-refractivity contribution is 7.08. The van der Waals surface area contributed by atoms with E-state index in [0.29, 0.717) is 42.5 Å². The largest absolute Gasteiger partial charge is 0.493 e. The summed E-state index contributed by atoms with van der Waals surface area (Å²) in [5, 5.41) is 4.34. The molecule has 1 atom stereocenters. The third-order valence-electron chi connectivity index (χ3n) is 7.31. The molecule has 0 fully saturated rings.